The Morgan fingerprint density at radius 1 is 1.00 bits per heavy atom. The van der Waals surface area contributed by atoms with Crippen molar-refractivity contribution in [3.05, 3.63) is 78.9 Å². The molecule has 130 valence electrons. The van der Waals surface area contributed by atoms with Gasteiger partial charge in [0.2, 0.25) is 0 Å². The second-order valence-electron chi connectivity index (χ2n) is 7.07. The monoisotopic (exact) mass is 346 g/mol. The number of benzene rings is 1. The summed E-state index contributed by atoms with van der Waals surface area (Å²) >= 11 is 0. The van der Waals surface area contributed by atoms with E-state index in [4.69, 9.17) is 7.85 Å². The lowest BCUT2D eigenvalue weighted by Gasteiger charge is -2.16. The molecule has 3 N–H and O–H groups in total. The third kappa shape index (κ3) is 3.61. The fourth-order valence-corrected chi connectivity index (χ4v) is 2.65. The number of imidazole rings is 1. The molecule has 3 rings (SSSR count). The van der Waals surface area contributed by atoms with Crippen molar-refractivity contribution in [3.8, 4) is 0 Å². The van der Waals surface area contributed by atoms with Gasteiger partial charge in [0, 0.05) is 11.1 Å². The van der Waals surface area contributed by atoms with Crippen LogP contribution in [0.4, 0.5) is 0 Å². The number of aromatic nitrogens is 4. The van der Waals surface area contributed by atoms with Crippen molar-refractivity contribution in [2.24, 2.45) is 0 Å². The fourth-order valence-electron chi connectivity index (χ4n) is 2.65. The minimum absolute atomic E-state index is 0.142. The van der Waals surface area contributed by atoms with Crippen LogP contribution < -0.4 is 27.3 Å². The summed E-state index contributed by atoms with van der Waals surface area (Å²) in [5, 5.41) is 0.286. The predicted molar refractivity (Wildman–Crippen MR) is 103 cm³/mol. The molecule has 0 fully saturated rings. The van der Waals surface area contributed by atoms with Gasteiger partial charge in [-0.1, -0.05) is 50.5 Å². The molecule has 0 bridgehead atoms. The maximum Gasteiger partial charge on any atom is 0.272 e. The largest absolute Gasteiger partial charge is 0.348 e. The third-order valence-corrected chi connectivity index (χ3v) is 3.98. The molecule has 0 saturated carbocycles. The van der Waals surface area contributed by atoms with E-state index >= 15 is 0 Å². The SMILES string of the molecule is [B]c1ccccc1/C=c1\[nH]c(=O)/c(=C/c2nc[nH]c2C(C)(C)C)[nH]c1=O. The maximum absolute atomic E-state index is 12.4. The Bertz CT molecular complexity index is 1180. The smallest absolute Gasteiger partial charge is 0.272 e. The normalized spacial score (nSPS) is 13.3. The molecule has 0 atom stereocenters. The molecule has 2 heterocycles. The first-order valence-electron chi connectivity index (χ1n) is 8.20. The molecule has 2 aromatic heterocycles. The Kier molecular flexibility index (Phi) is 4.55. The molecular weight excluding hydrogens is 327 g/mol. The van der Waals surface area contributed by atoms with E-state index < -0.39 is 11.1 Å². The van der Waals surface area contributed by atoms with E-state index in [1.807, 2.05) is 26.8 Å². The highest BCUT2D eigenvalue weighted by Crippen LogP contribution is 2.22. The quantitative estimate of drug-likeness (QED) is 0.548. The van der Waals surface area contributed by atoms with Crippen LogP contribution in [0.25, 0.3) is 12.2 Å². The Morgan fingerprint density at radius 2 is 1.62 bits per heavy atom. The van der Waals surface area contributed by atoms with Crippen LogP contribution in [0.15, 0.2) is 40.2 Å². The molecule has 7 heteroatoms. The second kappa shape index (κ2) is 6.67. The van der Waals surface area contributed by atoms with E-state index in [1.165, 1.54) is 0 Å². The fraction of sp³-hybridized carbons (Fsp3) is 0.211. The molecule has 1 aromatic carbocycles. The van der Waals surface area contributed by atoms with Gasteiger partial charge in [-0.2, -0.15) is 0 Å². The highest BCUT2D eigenvalue weighted by atomic mass is 16.1. The number of hydrogen-bond acceptors (Lipinski definition) is 3. The van der Waals surface area contributed by atoms with E-state index in [0.717, 1.165) is 5.69 Å². The first-order chi connectivity index (χ1) is 12.3. The lowest BCUT2D eigenvalue weighted by molar-refractivity contribution is 0.571. The standard InChI is InChI=1S/C19H19BN4O2/c1-19(2,3)16-13(21-10-22-16)9-15-18(26)23-14(17(25)24-15)8-11-6-4-5-7-12(11)20/h4-10H,1-3H3,(H,21,22)(H,23,26)(H,24,25)/b14-8-,15-9-. The molecule has 26 heavy (non-hydrogen) atoms. The zero-order valence-electron chi connectivity index (χ0n) is 14.9. The first kappa shape index (κ1) is 17.7. The summed E-state index contributed by atoms with van der Waals surface area (Å²) in [7, 11) is 5.88. The highest BCUT2D eigenvalue weighted by Gasteiger charge is 2.19. The van der Waals surface area contributed by atoms with Crippen LogP contribution in [0.1, 0.15) is 37.7 Å². The third-order valence-electron chi connectivity index (χ3n) is 3.98. The van der Waals surface area contributed by atoms with E-state index in [9.17, 15) is 9.59 Å². The van der Waals surface area contributed by atoms with Crippen LogP contribution in [-0.4, -0.2) is 27.8 Å². The summed E-state index contributed by atoms with van der Waals surface area (Å²) in [6.45, 7) is 6.10. The van der Waals surface area contributed by atoms with Gasteiger partial charge in [0.15, 0.2) is 0 Å². The summed E-state index contributed by atoms with van der Waals surface area (Å²) in [4.78, 5) is 37.3. The van der Waals surface area contributed by atoms with Crippen molar-refractivity contribution in [1.29, 1.82) is 0 Å². The van der Waals surface area contributed by atoms with Crippen molar-refractivity contribution >= 4 is 25.5 Å². The van der Waals surface area contributed by atoms with E-state index in [2.05, 4.69) is 19.9 Å². The Balaban J connectivity index is 2.16. The maximum atomic E-state index is 12.4. The molecule has 0 amide bonds. The van der Waals surface area contributed by atoms with E-state index in [-0.39, 0.29) is 16.1 Å². The molecule has 6 nitrogen and oxygen atoms in total. The molecule has 3 aromatic rings. The van der Waals surface area contributed by atoms with Gasteiger partial charge in [-0.15, -0.1) is 0 Å². The molecule has 0 aliphatic heterocycles. The number of rotatable bonds is 2. The van der Waals surface area contributed by atoms with Gasteiger partial charge in [-0.05, 0) is 17.7 Å². The number of nitrogens with zero attached hydrogens (tertiary/aromatic N) is 1. The molecule has 0 aliphatic carbocycles. The van der Waals surface area contributed by atoms with Gasteiger partial charge in [-0.25, -0.2) is 4.98 Å². The molecule has 0 spiro atoms. The minimum Gasteiger partial charge on any atom is -0.348 e. The van der Waals surface area contributed by atoms with Crippen molar-refractivity contribution in [3.63, 3.8) is 0 Å². The van der Waals surface area contributed by atoms with Crippen LogP contribution >= 0.6 is 0 Å². The summed E-state index contributed by atoms with van der Waals surface area (Å²) < 4.78 is 0. The molecule has 2 radical (unpaired) electrons. The van der Waals surface area contributed by atoms with Gasteiger partial charge in [0.1, 0.15) is 18.5 Å². The van der Waals surface area contributed by atoms with Crippen molar-refractivity contribution < 1.29 is 0 Å². The number of aromatic amines is 3. The number of nitrogens with one attached hydrogen (secondary N) is 3. The first-order valence-corrected chi connectivity index (χ1v) is 8.20. The zero-order chi connectivity index (χ0) is 18.9. The van der Waals surface area contributed by atoms with Crippen molar-refractivity contribution in [2.75, 3.05) is 0 Å². The summed E-state index contributed by atoms with van der Waals surface area (Å²) in [6, 6.07) is 7.11. The Morgan fingerprint density at radius 3 is 2.23 bits per heavy atom. The van der Waals surface area contributed by atoms with Crippen LogP contribution in [0, 0.1) is 0 Å². The predicted octanol–water partition coefficient (Wildman–Crippen LogP) is -0.465. The van der Waals surface area contributed by atoms with Gasteiger partial charge in [0.25, 0.3) is 11.1 Å². The molecule has 0 saturated heterocycles. The zero-order valence-corrected chi connectivity index (χ0v) is 14.9. The summed E-state index contributed by atoms with van der Waals surface area (Å²) in [5.74, 6) is 0. The summed E-state index contributed by atoms with van der Waals surface area (Å²) in [6.07, 6.45) is 4.69. The lowest BCUT2D eigenvalue weighted by atomic mass is 9.90. The van der Waals surface area contributed by atoms with Gasteiger partial charge >= 0.3 is 0 Å². The van der Waals surface area contributed by atoms with Crippen molar-refractivity contribution in [1.82, 2.24) is 19.9 Å². The summed E-state index contributed by atoms with van der Waals surface area (Å²) in [5.41, 5.74) is 1.68. The van der Waals surface area contributed by atoms with E-state index in [1.54, 1.807) is 36.7 Å². The van der Waals surface area contributed by atoms with Crippen LogP contribution in [0.5, 0.6) is 0 Å². The van der Waals surface area contributed by atoms with Crippen LogP contribution in [0.3, 0.4) is 0 Å². The second-order valence-corrected chi connectivity index (χ2v) is 7.07. The Hall–Kier alpha value is -3.09. The van der Waals surface area contributed by atoms with E-state index in [0.29, 0.717) is 16.7 Å². The van der Waals surface area contributed by atoms with Crippen LogP contribution in [0.2, 0.25) is 0 Å². The van der Waals surface area contributed by atoms with Crippen LogP contribution in [-0.2, 0) is 5.41 Å². The Labute approximate surface area is 151 Å². The molecular formula is C19H19BN4O2. The number of hydrogen-bond donors (Lipinski definition) is 3. The number of H-pyrrole nitrogens is 3. The minimum atomic E-state index is -0.410. The molecule has 0 aliphatic rings. The lowest BCUT2D eigenvalue weighted by Crippen LogP contribution is -2.47. The van der Waals surface area contributed by atoms with Gasteiger partial charge in [-0.3, -0.25) is 9.59 Å². The molecule has 0 unspecified atom stereocenters. The highest BCUT2D eigenvalue weighted by molar-refractivity contribution is 6.34. The topological polar surface area (TPSA) is 94.4 Å². The van der Waals surface area contributed by atoms with Gasteiger partial charge < -0.3 is 15.0 Å². The van der Waals surface area contributed by atoms with Gasteiger partial charge in [0.05, 0.1) is 12.0 Å². The average Bonchev–Trinajstić information content (AvgIpc) is 3.03. The van der Waals surface area contributed by atoms with Crippen molar-refractivity contribution in [2.45, 2.75) is 26.2 Å². The average molecular weight is 346 g/mol.